The van der Waals surface area contributed by atoms with Crippen LogP contribution in [-0.4, -0.2) is 41.4 Å². The molecule has 0 spiro atoms. The highest BCUT2D eigenvalue weighted by molar-refractivity contribution is 6.22. The Hall–Kier alpha value is -3.35. The van der Waals surface area contributed by atoms with E-state index in [2.05, 4.69) is 5.32 Å². The van der Waals surface area contributed by atoms with Crippen molar-refractivity contribution in [1.29, 1.82) is 0 Å². The molecule has 31 heavy (non-hydrogen) atoms. The number of carbonyl (C=O) groups is 3. The summed E-state index contributed by atoms with van der Waals surface area (Å²) in [5.74, 6) is 0.0177. The second-order valence-electron chi connectivity index (χ2n) is 7.94. The number of carbonyl (C=O) groups excluding carboxylic acids is 3. The van der Waals surface area contributed by atoms with E-state index in [9.17, 15) is 14.4 Å². The summed E-state index contributed by atoms with van der Waals surface area (Å²) in [7, 11) is 0. The minimum atomic E-state index is -0.847. The van der Waals surface area contributed by atoms with Gasteiger partial charge in [-0.15, -0.1) is 0 Å². The monoisotopic (exact) mass is 423 g/mol. The third kappa shape index (κ3) is 5.05. The average Bonchev–Trinajstić information content (AvgIpc) is 2.97. The fourth-order valence-corrected chi connectivity index (χ4v) is 3.62. The van der Waals surface area contributed by atoms with Crippen molar-refractivity contribution in [2.75, 3.05) is 16.8 Å². The quantitative estimate of drug-likeness (QED) is 0.640. The SMILES string of the molecule is CCCOc1ccc(NC(=O)CC2C(=O)N(c3cccc(C)c3)C(=O)N2C(C)C)cc1. The molecule has 1 N–H and O–H groups in total. The molecule has 1 fully saturated rings. The number of nitrogens with zero attached hydrogens (tertiary/aromatic N) is 2. The summed E-state index contributed by atoms with van der Waals surface area (Å²) in [5, 5.41) is 2.81. The van der Waals surface area contributed by atoms with Crippen LogP contribution < -0.4 is 15.0 Å². The Balaban J connectivity index is 1.73. The molecular formula is C24H29N3O4. The van der Waals surface area contributed by atoms with Gasteiger partial charge in [-0.2, -0.15) is 0 Å². The van der Waals surface area contributed by atoms with Crippen molar-refractivity contribution < 1.29 is 19.1 Å². The predicted octanol–water partition coefficient (Wildman–Crippen LogP) is 4.36. The summed E-state index contributed by atoms with van der Waals surface area (Å²) in [4.78, 5) is 41.5. The van der Waals surface area contributed by atoms with Crippen molar-refractivity contribution in [3.63, 3.8) is 0 Å². The van der Waals surface area contributed by atoms with Crippen LogP contribution in [-0.2, 0) is 9.59 Å². The first kappa shape index (κ1) is 22.3. The lowest BCUT2D eigenvalue weighted by Crippen LogP contribution is -2.42. The topological polar surface area (TPSA) is 79.0 Å². The van der Waals surface area contributed by atoms with Crippen LogP contribution in [0.5, 0.6) is 5.75 Å². The van der Waals surface area contributed by atoms with Gasteiger partial charge in [0.2, 0.25) is 5.91 Å². The molecule has 0 aromatic heterocycles. The molecule has 1 heterocycles. The molecule has 1 atom stereocenters. The number of hydrogen-bond donors (Lipinski definition) is 1. The van der Waals surface area contributed by atoms with Gasteiger partial charge in [-0.25, -0.2) is 9.69 Å². The summed E-state index contributed by atoms with van der Waals surface area (Å²) >= 11 is 0. The standard InChI is InChI=1S/C24H29N3O4/c1-5-13-31-20-11-9-18(10-12-20)25-22(28)15-21-23(29)27(24(30)26(21)16(2)3)19-8-6-7-17(4)14-19/h6-12,14,16,21H,5,13,15H2,1-4H3,(H,25,28). The Morgan fingerprint density at radius 3 is 2.45 bits per heavy atom. The van der Waals surface area contributed by atoms with E-state index < -0.39 is 12.1 Å². The largest absolute Gasteiger partial charge is 0.494 e. The highest BCUT2D eigenvalue weighted by Crippen LogP contribution is 2.29. The Kier molecular flexibility index (Phi) is 6.95. The predicted molar refractivity (Wildman–Crippen MR) is 120 cm³/mol. The molecular weight excluding hydrogens is 394 g/mol. The summed E-state index contributed by atoms with van der Waals surface area (Å²) in [5.41, 5.74) is 2.07. The molecule has 1 unspecified atom stereocenters. The normalized spacial score (nSPS) is 16.2. The minimum Gasteiger partial charge on any atom is -0.494 e. The molecule has 0 aliphatic carbocycles. The fourth-order valence-electron chi connectivity index (χ4n) is 3.62. The highest BCUT2D eigenvalue weighted by Gasteiger charge is 2.47. The van der Waals surface area contributed by atoms with Crippen LogP contribution in [0.2, 0.25) is 0 Å². The minimum absolute atomic E-state index is 0.112. The number of imide groups is 1. The molecule has 4 amide bonds. The molecule has 0 radical (unpaired) electrons. The smallest absolute Gasteiger partial charge is 0.332 e. The van der Waals surface area contributed by atoms with Gasteiger partial charge in [0.15, 0.2) is 0 Å². The number of rotatable bonds is 8. The van der Waals surface area contributed by atoms with E-state index in [1.807, 2.05) is 33.8 Å². The molecule has 7 heteroatoms. The Bertz CT molecular complexity index is 956. The van der Waals surface area contributed by atoms with Crippen molar-refractivity contribution in [3.05, 3.63) is 54.1 Å². The molecule has 3 rings (SSSR count). The van der Waals surface area contributed by atoms with Gasteiger partial charge >= 0.3 is 6.03 Å². The number of hydrogen-bond acceptors (Lipinski definition) is 4. The van der Waals surface area contributed by atoms with Gasteiger partial charge in [-0.1, -0.05) is 19.1 Å². The Labute approximate surface area is 183 Å². The zero-order valence-electron chi connectivity index (χ0n) is 18.4. The summed E-state index contributed by atoms with van der Waals surface area (Å²) < 4.78 is 5.54. The van der Waals surface area contributed by atoms with Gasteiger partial charge in [-0.3, -0.25) is 9.59 Å². The van der Waals surface area contributed by atoms with Crippen molar-refractivity contribution in [3.8, 4) is 5.75 Å². The van der Waals surface area contributed by atoms with Crippen LogP contribution >= 0.6 is 0 Å². The highest BCUT2D eigenvalue weighted by atomic mass is 16.5. The van der Waals surface area contributed by atoms with Crippen molar-refractivity contribution in [1.82, 2.24) is 4.90 Å². The second kappa shape index (κ2) is 9.64. The zero-order valence-corrected chi connectivity index (χ0v) is 18.4. The lowest BCUT2D eigenvalue weighted by Gasteiger charge is -2.25. The van der Waals surface area contributed by atoms with E-state index in [-0.39, 0.29) is 24.3 Å². The van der Waals surface area contributed by atoms with E-state index in [4.69, 9.17) is 4.74 Å². The number of anilines is 2. The number of ether oxygens (including phenoxy) is 1. The van der Waals surface area contributed by atoms with Gasteiger partial charge in [0.25, 0.3) is 5.91 Å². The number of nitrogens with one attached hydrogen (secondary N) is 1. The van der Waals surface area contributed by atoms with Crippen molar-refractivity contribution in [2.45, 2.75) is 52.6 Å². The molecule has 2 aromatic carbocycles. The van der Waals surface area contributed by atoms with E-state index in [0.717, 1.165) is 17.7 Å². The summed E-state index contributed by atoms with van der Waals surface area (Å²) in [6, 6.07) is 12.8. The lowest BCUT2D eigenvalue weighted by molar-refractivity contribution is -0.124. The maximum absolute atomic E-state index is 13.1. The number of urea groups is 1. The van der Waals surface area contributed by atoms with Crippen LogP contribution in [0.15, 0.2) is 48.5 Å². The first-order chi connectivity index (χ1) is 14.8. The van der Waals surface area contributed by atoms with Crippen LogP contribution in [0, 0.1) is 6.92 Å². The maximum Gasteiger partial charge on any atom is 0.332 e. The molecule has 1 aliphatic rings. The summed E-state index contributed by atoms with van der Waals surface area (Å²) in [6.45, 7) is 8.24. The molecule has 0 bridgehead atoms. The first-order valence-corrected chi connectivity index (χ1v) is 10.6. The third-order valence-electron chi connectivity index (χ3n) is 5.06. The average molecular weight is 424 g/mol. The molecule has 7 nitrogen and oxygen atoms in total. The van der Waals surface area contributed by atoms with E-state index >= 15 is 0 Å². The molecule has 164 valence electrons. The lowest BCUT2D eigenvalue weighted by atomic mass is 10.1. The number of aryl methyl sites for hydroxylation is 1. The van der Waals surface area contributed by atoms with E-state index in [0.29, 0.717) is 18.0 Å². The van der Waals surface area contributed by atoms with Gasteiger partial charge in [-0.05, 0) is 69.2 Å². The number of benzene rings is 2. The Morgan fingerprint density at radius 2 is 1.84 bits per heavy atom. The fraction of sp³-hybridized carbons (Fsp3) is 0.375. The molecule has 1 saturated heterocycles. The first-order valence-electron chi connectivity index (χ1n) is 10.6. The maximum atomic E-state index is 13.1. The summed E-state index contributed by atoms with van der Waals surface area (Å²) in [6.07, 6.45) is 0.803. The van der Waals surface area contributed by atoms with Gasteiger partial charge < -0.3 is 15.0 Å². The zero-order chi connectivity index (χ0) is 22.5. The van der Waals surface area contributed by atoms with Crippen LogP contribution in [0.25, 0.3) is 0 Å². The molecule has 2 aromatic rings. The van der Waals surface area contributed by atoms with Crippen LogP contribution in [0.4, 0.5) is 16.2 Å². The van der Waals surface area contributed by atoms with E-state index in [1.165, 1.54) is 9.80 Å². The van der Waals surface area contributed by atoms with Crippen LogP contribution in [0.1, 0.15) is 39.2 Å². The second-order valence-corrected chi connectivity index (χ2v) is 7.94. The molecule has 1 aliphatic heterocycles. The van der Waals surface area contributed by atoms with Crippen LogP contribution in [0.3, 0.4) is 0 Å². The van der Waals surface area contributed by atoms with Crippen molar-refractivity contribution >= 4 is 29.2 Å². The van der Waals surface area contributed by atoms with Gasteiger partial charge in [0.05, 0.1) is 18.7 Å². The Morgan fingerprint density at radius 1 is 1.13 bits per heavy atom. The van der Waals surface area contributed by atoms with Gasteiger partial charge in [0, 0.05) is 11.7 Å². The van der Waals surface area contributed by atoms with Gasteiger partial charge in [0.1, 0.15) is 11.8 Å². The number of amides is 4. The molecule has 0 saturated carbocycles. The van der Waals surface area contributed by atoms with Crippen molar-refractivity contribution in [2.24, 2.45) is 0 Å². The van der Waals surface area contributed by atoms with E-state index in [1.54, 1.807) is 42.5 Å². The third-order valence-corrected chi connectivity index (χ3v) is 5.06.